The Hall–Kier alpha value is -1.57. The highest BCUT2D eigenvalue weighted by molar-refractivity contribution is 7.84. The van der Waals surface area contributed by atoms with Gasteiger partial charge in [0.1, 0.15) is 0 Å². The summed E-state index contributed by atoms with van der Waals surface area (Å²) in [5.74, 6) is -1.33. The predicted molar refractivity (Wildman–Crippen MR) is 78.1 cm³/mol. The van der Waals surface area contributed by atoms with Crippen molar-refractivity contribution in [3.05, 3.63) is 24.3 Å². The molecule has 0 bridgehead atoms. The standard InChI is InChI=1S/C14H17F3N2O2S/c1-22(21)12-4-2-3-11(9-12)18-13(20)19-7-5-10(6-8-19)14(15,16)17/h2-4,9-10H,5-8H2,1H3,(H,18,20)/t22-/m1/s1. The van der Waals surface area contributed by atoms with Gasteiger partial charge in [0.05, 0.1) is 5.92 Å². The molecular formula is C14H17F3N2O2S. The van der Waals surface area contributed by atoms with Crippen LogP contribution >= 0.6 is 0 Å². The molecule has 8 heteroatoms. The zero-order chi connectivity index (χ0) is 16.3. The molecule has 22 heavy (non-hydrogen) atoms. The summed E-state index contributed by atoms with van der Waals surface area (Å²) in [6.45, 7) is 0.158. The third kappa shape index (κ3) is 4.22. The van der Waals surface area contributed by atoms with Crippen LogP contribution in [-0.2, 0) is 10.8 Å². The van der Waals surface area contributed by atoms with Crippen molar-refractivity contribution < 1.29 is 22.2 Å². The van der Waals surface area contributed by atoms with E-state index in [1.807, 2.05) is 0 Å². The van der Waals surface area contributed by atoms with Gasteiger partial charge in [-0.3, -0.25) is 4.21 Å². The van der Waals surface area contributed by atoms with Gasteiger partial charge in [0.2, 0.25) is 0 Å². The van der Waals surface area contributed by atoms with Crippen LogP contribution < -0.4 is 5.32 Å². The van der Waals surface area contributed by atoms with Crippen molar-refractivity contribution >= 4 is 22.5 Å². The van der Waals surface area contributed by atoms with E-state index >= 15 is 0 Å². The summed E-state index contributed by atoms with van der Waals surface area (Å²) in [7, 11) is -1.16. The maximum Gasteiger partial charge on any atom is 0.391 e. The predicted octanol–water partition coefficient (Wildman–Crippen LogP) is 3.23. The Bertz CT molecular complexity index is 569. The van der Waals surface area contributed by atoms with Gasteiger partial charge < -0.3 is 10.2 Å². The second-order valence-corrected chi connectivity index (χ2v) is 6.59. The van der Waals surface area contributed by atoms with E-state index in [-0.39, 0.29) is 25.9 Å². The fourth-order valence-corrected chi connectivity index (χ4v) is 2.93. The highest BCUT2D eigenvalue weighted by Crippen LogP contribution is 2.34. The molecule has 1 aromatic carbocycles. The number of rotatable bonds is 2. The van der Waals surface area contributed by atoms with Crippen LogP contribution in [0.2, 0.25) is 0 Å². The van der Waals surface area contributed by atoms with Gasteiger partial charge in [-0.05, 0) is 31.0 Å². The SMILES string of the molecule is C[S@@](=O)c1cccc(NC(=O)N2CCC(C(F)(F)F)CC2)c1. The summed E-state index contributed by atoms with van der Waals surface area (Å²) in [5.41, 5.74) is 0.482. The average Bonchev–Trinajstić information content (AvgIpc) is 2.46. The molecule has 0 unspecified atom stereocenters. The number of halogens is 3. The number of likely N-dealkylation sites (tertiary alicyclic amines) is 1. The van der Waals surface area contributed by atoms with E-state index in [0.29, 0.717) is 10.6 Å². The minimum absolute atomic E-state index is 0.0735. The fraction of sp³-hybridized carbons (Fsp3) is 0.500. The van der Waals surface area contributed by atoms with Gasteiger partial charge in [-0.2, -0.15) is 13.2 Å². The van der Waals surface area contributed by atoms with Gasteiger partial charge in [-0.1, -0.05) is 6.07 Å². The lowest BCUT2D eigenvalue weighted by atomic mass is 9.96. The number of urea groups is 1. The van der Waals surface area contributed by atoms with Crippen LogP contribution in [0.5, 0.6) is 0 Å². The topological polar surface area (TPSA) is 49.4 Å². The van der Waals surface area contributed by atoms with Crippen molar-refractivity contribution in [2.75, 3.05) is 24.7 Å². The van der Waals surface area contributed by atoms with E-state index in [1.54, 1.807) is 24.3 Å². The van der Waals surface area contributed by atoms with Crippen molar-refractivity contribution in [3.63, 3.8) is 0 Å². The first-order valence-electron chi connectivity index (χ1n) is 6.83. The molecular weight excluding hydrogens is 317 g/mol. The molecule has 1 heterocycles. The van der Waals surface area contributed by atoms with E-state index in [1.165, 1.54) is 11.2 Å². The number of anilines is 1. The molecule has 1 atom stereocenters. The monoisotopic (exact) mass is 334 g/mol. The second-order valence-electron chi connectivity index (χ2n) is 5.22. The van der Waals surface area contributed by atoms with Crippen molar-refractivity contribution in [2.45, 2.75) is 23.9 Å². The van der Waals surface area contributed by atoms with E-state index in [9.17, 15) is 22.2 Å². The lowest BCUT2D eigenvalue weighted by Crippen LogP contribution is -2.43. The van der Waals surface area contributed by atoms with Crippen LogP contribution in [0.1, 0.15) is 12.8 Å². The number of amides is 2. The van der Waals surface area contributed by atoms with Gasteiger partial charge in [0.25, 0.3) is 0 Å². The van der Waals surface area contributed by atoms with E-state index in [2.05, 4.69) is 5.32 Å². The average molecular weight is 334 g/mol. The molecule has 0 radical (unpaired) electrons. The number of piperidine rings is 1. The number of benzene rings is 1. The Morgan fingerprint density at radius 1 is 1.32 bits per heavy atom. The third-order valence-corrected chi connectivity index (χ3v) is 4.58. The Morgan fingerprint density at radius 2 is 1.95 bits per heavy atom. The number of hydrogen-bond donors (Lipinski definition) is 1. The number of nitrogens with one attached hydrogen (secondary N) is 1. The minimum atomic E-state index is -4.19. The lowest BCUT2D eigenvalue weighted by Gasteiger charge is -2.32. The van der Waals surface area contributed by atoms with Crippen LogP contribution in [-0.4, -0.2) is 40.7 Å². The smallest absolute Gasteiger partial charge is 0.325 e. The van der Waals surface area contributed by atoms with Gasteiger partial charge in [0, 0.05) is 40.7 Å². The number of hydrogen-bond acceptors (Lipinski definition) is 2. The van der Waals surface area contributed by atoms with Crippen molar-refractivity contribution in [1.82, 2.24) is 4.90 Å². The Kier molecular flexibility index (Phi) is 5.10. The first kappa shape index (κ1) is 16.8. The lowest BCUT2D eigenvalue weighted by molar-refractivity contribution is -0.183. The Morgan fingerprint density at radius 3 is 2.50 bits per heavy atom. The van der Waals surface area contributed by atoms with E-state index < -0.39 is 28.9 Å². The molecule has 122 valence electrons. The van der Waals surface area contributed by atoms with Crippen LogP contribution in [0.4, 0.5) is 23.7 Å². The molecule has 2 rings (SSSR count). The van der Waals surface area contributed by atoms with E-state index in [0.717, 1.165) is 0 Å². The summed E-state index contributed by atoms with van der Waals surface area (Å²) in [6, 6.07) is 6.16. The summed E-state index contributed by atoms with van der Waals surface area (Å²) >= 11 is 0. The summed E-state index contributed by atoms with van der Waals surface area (Å²) in [5, 5.41) is 2.63. The highest BCUT2D eigenvalue weighted by atomic mass is 32.2. The second kappa shape index (κ2) is 6.68. The first-order valence-corrected chi connectivity index (χ1v) is 8.39. The molecule has 0 aliphatic carbocycles. The molecule has 0 spiro atoms. The first-order chi connectivity index (χ1) is 10.3. The molecule has 1 aliphatic rings. The number of nitrogens with zero attached hydrogens (tertiary/aromatic N) is 1. The molecule has 1 saturated heterocycles. The summed E-state index contributed by atoms with van der Waals surface area (Å²) in [4.78, 5) is 14.0. The zero-order valence-corrected chi connectivity index (χ0v) is 12.8. The van der Waals surface area contributed by atoms with Crippen LogP contribution in [0.3, 0.4) is 0 Å². The van der Waals surface area contributed by atoms with E-state index in [4.69, 9.17) is 0 Å². The number of carbonyl (C=O) groups excluding carboxylic acids is 1. The molecule has 1 fully saturated rings. The molecule has 0 saturated carbocycles. The van der Waals surface area contributed by atoms with Gasteiger partial charge in [-0.15, -0.1) is 0 Å². The summed E-state index contributed by atoms with van der Waals surface area (Å²) in [6.07, 6.45) is -2.81. The molecule has 4 nitrogen and oxygen atoms in total. The molecule has 2 amide bonds. The minimum Gasteiger partial charge on any atom is -0.325 e. The maximum atomic E-state index is 12.6. The number of alkyl halides is 3. The maximum absolute atomic E-state index is 12.6. The third-order valence-electron chi connectivity index (χ3n) is 3.66. The van der Waals surface area contributed by atoms with Crippen molar-refractivity contribution in [1.29, 1.82) is 0 Å². The van der Waals surface area contributed by atoms with Crippen LogP contribution in [0.15, 0.2) is 29.2 Å². The Labute approximate surface area is 129 Å². The largest absolute Gasteiger partial charge is 0.391 e. The van der Waals surface area contributed by atoms with Crippen LogP contribution in [0.25, 0.3) is 0 Å². The van der Waals surface area contributed by atoms with Crippen molar-refractivity contribution in [2.24, 2.45) is 5.92 Å². The molecule has 1 N–H and O–H groups in total. The van der Waals surface area contributed by atoms with Crippen LogP contribution in [0, 0.1) is 5.92 Å². The van der Waals surface area contributed by atoms with Gasteiger partial charge in [-0.25, -0.2) is 4.79 Å². The summed E-state index contributed by atoms with van der Waals surface area (Å²) < 4.78 is 49.2. The Balaban J connectivity index is 1.94. The molecule has 0 aromatic heterocycles. The zero-order valence-electron chi connectivity index (χ0n) is 12.0. The highest BCUT2D eigenvalue weighted by Gasteiger charge is 2.41. The van der Waals surface area contributed by atoms with Gasteiger partial charge in [0.15, 0.2) is 0 Å². The molecule has 1 aromatic rings. The quantitative estimate of drug-likeness (QED) is 0.903. The van der Waals surface area contributed by atoms with Crippen molar-refractivity contribution in [3.8, 4) is 0 Å². The normalized spacial score (nSPS) is 18.1. The fourth-order valence-electron chi connectivity index (χ4n) is 2.37. The van der Waals surface area contributed by atoms with Gasteiger partial charge >= 0.3 is 12.2 Å². The molecule has 1 aliphatic heterocycles. The number of carbonyl (C=O) groups is 1.